The zero-order valence-electron chi connectivity index (χ0n) is 12.5. The van der Waals surface area contributed by atoms with Crippen molar-refractivity contribution in [2.24, 2.45) is 0 Å². The molecule has 2 aromatic carbocycles. The minimum Gasteiger partial charge on any atom is -0.452 e. The lowest BCUT2D eigenvalue weighted by Crippen LogP contribution is -2.43. The third-order valence-corrected chi connectivity index (χ3v) is 2.87. The van der Waals surface area contributed by atoms with Crippen molar-refractivity contribution in [2.45, 2.75) is 0 Å². The van der Waals surface area contributed by atoms with E-state index in [4.69, 9.17) is 0 Å². The monoisotopic (exact) mass is 352 g/mol. The van der Waals surface area contributed by atoms with Crippen molar-refractivity contribution in [1.29, 1.82) is 0 Å². The Hall–Kier alpha value is -3.36. The van der Waals surface area contributed by atoms with Gasteiger partial charge in [0.15, 0.2) is 6.61 Å². The molecule has 0 saturated carbocycles. The summed E-state index contributed by atoms with van der Waals surface area (Å²) in [6.07, 6.45) is 0. The van der Waals surface area contributed by atoms with E-state index in [9.17, 15) is 27.6 Å². The minimum atomic E-state index is -1.13. The number of hydrogen-bond acceptors (Lipinski definition) is 4. The quantitative estimate of drug-likeness (QED) is 0.648. The molecule has 9 heteroatoms. The Kier molecular flexibility index (Phi) is 5.72. The fourth-order valence-electron chi connectivity index (χ4n) is 1.76. The van der Waals surface area contributed by atoms with E-state index < -0.39 is 47.4 Å². The second-order valence-electron chi connectivity index (χ2n) is 4.72. The highest BCUT2D eigenvalue weighted by Gasteiger charge is 2.14. The first-order valence-corrected chi connectivity index (χ1v) is 6.84. The highest BCUT2D eigenvalue weighted by Crippen LogP contribution is 2.09. The van der Waals surface area contributed by atoms with E-state index in [1.54, 1.807) is 0 Å². The van der Waals surface area contributed by atoms with Crippen molar-refractivity contribution >= 4 is 17.8 Å². The molecule has 0 aromatic heterocycles. The lowest BCUT2D eigenvalue weighted by Gasteiger charge is -2.08. The first-order valence-electron chi connectivity index (χ1n) is 6.84. The number of carbonyl (C=O) groups excluding carboxylic acids is 3. The molecule has 6 nitrogen and oxygen atoms in total. The van der Waals surface area contributed by atoms with Crippen LogP contribution in [0.3, 0.4) is 0 Å². The smallest absolute Gasteiger partial charge is 0.338 e. The minimum absolute atomic E-state index is 0.296. The van der Waals surface area contributed by atoms with Crippen molar-refractivity contribution in [3.63, 3.8) is 0 Å². The predicted molar refractivity (Wildman–Crippen MR) is 78.6 cm³/mol. The summed E-state index contributed by atoms with van der Waals surface area (Å²) < 4.78 is 43.9. The van der Waals surface area contributed by atoms with Crippen LogP contribution in [0.1, 0.15) is 20.7 Å². The number of esters is 1. The summed E-state index contributed by atoms with van der Waals surface area (Å²) in [5.41, 5.74) is 3.13. The molecule has 0 spiro atoms. The molecule has 0 aliphatic carbocycles. The number of nitrogens with one attached hydrogen (secondary N) is 2. The molecule has 0 heterocycles. The van der Waals surface area contributed by atoms with E-state index in [1.165, 1.54) is 18.2 Å². The van der Waals surface area contributed by atoms with Crippen LogP contribution in [-0.4, -0.2) is 24.4 Å². The van der Waals surface area contributed by atoms with E-state index in [-0.39, 0.29) is 5.56 Å². The number of amides is 2. The summed E-state index contributed by atoms with van der Waals surface area (Å²) >= 11 is 0. The average Bonchev–Trinajstić information content (AvgIpc) is 2.57. The Labute approximate surface area is 139 Å². The Morgan fingerprint density at radius 3 is 2.20 bits per heavy atom. The SMILES string of the molecule is O=C(COC(=O)c1cc(F)cc(F)c1)NNC(=O)c1ccccc1F. The van der Waals surface area contributed by atoms with Crippen LogP contribution in [0.25, 0.3) is 0 Å². The van der Waals surface area contributed by atoms with Gasteiger partial charge >= 0.3 is 5.97 Å². The van der Waals surface area contributed by atoms with Crippen LogP contribution in [0.2, 0.25) is 0 Å². The third-order valence-electron chi connectivity index (χ3n) is 2.87. The average molecular weight is 352 g/mol. The van der Waals surface area contributed by atoms with Gasteiger partial charge in [-0.3, -0.25) is 20.4 Å². The van der Waals surface area contributed by atoms with Crippen molar-refractivity contribution in [1.82, 2.24) is 10.9 Å². The number of halogens is 3. The largest absolute Gasteiger partial charge is 0.452 e. The van der Waals surface area contributed by atoms with Crippen molar-refractivity contribution in [3.05, 3.63) is 71.0 Å². The molecule has 0 bridgehead atoms. The van der Waals surface area contributed by atoms with Crippen LogP contribution in [0.5, 0.6) is 0 Å². The molecule has 0 saturated heterocycles. The number of hydrogen-bond donors (Lipinski definition) is 2. The van der Waals surface area contributed by atoms with Gasteiger partial charge in [0.05, 0.1) is 11.1 Å². The number of benzene rings is 2. The Morgan fingerprint density at radius 2 is 1.56 bits per heavy atom. The van der Waals surface area contributed by atoms with Gasteiger partial charge in [-0.2, -0.15) is 0 Å². The highest BCUT2D eigenvalue weighted by atomic mass is 19.1. The zero-order valence-corrected chi connectivity index (χ0v) is 12.5. The molecule has 2 rings (SSSR count). The Bertz CT molecular complexity index is 807. The summed E-state index contributed by atoms with van der Waals surface area (Å²) in [5, 5.41) is 0. The van der Waals surface area contributed by atoms with Crippen LogP contribution in [-0.2, 0) is 9.53 Å². The maximum atomic E-state index is 13.4. The van der Waals surface area contributed by atoms with Gasteiger partial charge in [-0.1, -0.05) is 12.1 Å². The van der Waals surface area contributed by atoms with Crippen molar-refractivity contribution < 1.29 is 32.3 Å². The van der Waals surface area contributed by atoms with Gasteiger partial charge in [-0.05, 0) is 24.3 Å². The molecular weight excluding hydrogens is 341 g/mol. The van der Waals surface area contributed by atoms with Crippen LogP contribution in [0.4, 0.5) is 13.2 Å². The normalized spacial score (nSPS) is 10.0. The lowest BCUT2D eigenvalue weighted by molar-refractivity contribution is -0.125. The van der Waals surface area contributed by atoms with Gasteiger partial charge < -0.3 is 4.74 Å². The summed E-state index contributed by atoms with van der Waals surface area (Å²) in [4.78, 5) is 34.7. The van der Waals surface area contributed by atoms with Gasteiger partial charge in [-0.15, -0.1) is 0 Å². The van der Waals surface area contributed by atoms with Gasteiger partial charge in [0.25, 0.3) is 11.8 Å². The third kappa shape index (κ3) is 5.06. The molecule has 0 aliphatic rings. The molecule has 25 heavy (non-hydrogen) atoms. The molecule has 0 atom stereocenters. The topological polar surface area (TPSA) is 84.5 Å². The summed E-state index contributed by atoms with van der Waals surface area (Å²) in [6, 6.07) is 7.14. The maximum absolute atomic E-state index is 13.4. The number of ether oxygens (including phenoxy) is 1. The standard InChI is InChI=1S/C16H11F3N2O4/c17-10-5-9(6-11(18)7-10)16(24)25-8-14(22)20-21-15(23)12-3-1-2-4-13(12)19/h1-7H,8H2,(H,20,22)(H,21,23). The Balaban J connectivity index is 1.83. The fraction of sp³-hybridized carbons (Fsp3) is 0.0625. The predicted octanol–water partition coefficient (Wildman–Crippen LogP) is 1.72. The lowest BCUT2D eigenvalue weighted by atomic mass is 10.2. The number of carbonyl (C=O) groups is 3. The number of hydrazine groups is 1. The van der Waals surface area contributed by atoms with Gasteiger partial charge in [0.1, 0.15) is 17.5 Å². The molecule has 2 aromatic rings. The maximum Gasteiger partial charge on any atom is 0.338 e. The summed E-state index contributed by atoms with van der Waals surface area (Å²) in [7, 11) is 0. The molecular formula is C16H11F3N2O4. The molecule has 0 aliphatic heterocycles. The van der Waals surface area contributed by atoms with E-state index in [0.717, 1.165) is 18.2 Å². The van der Waals surface area contributed by atoms with Crippen LogP contribution in [0, 0.1) is 17.5 Å². The number of rotatable bonds is 4. The molecule has 2 amide bonds. The second-order valence-corrected chi connectivity index (χ2v) is 4.72. The molecule has 0 unspecified atom stereocenters. The van der Waals surface area contributed by atoms with Crippen LogP contribution < -0.4 is 10.9 Å². The van der Waals surface area contributed by atoms with E-state index >= 15 is 0 Å². The highest BCUT2D eigenvalue weighted by molar-refractivity contribution is 5.96. The van der Waals surface area contributed by atoms with E-state index in [0.29, 0.717) is 6.07 Å². The summed E-state index contributed by atoms with van der Waals surface area (Å²) in [6.45, 7) is -0.825. The van der Waals surface area contributed by atoms with Gasteiger partial charge in [0, 0.05) is 6.07 Å². The molecule has 0 radical (unpaired) electrons. The molecule has 0 fully saturated rings. The zero-order chi connectivity index (χ0) is 18.4. The van der Waals surface area contributed by atoms with Crippen molar-refractivity contribution in [3.8, 4) is 0 Å². The van der Waals surface area contributed by atoms with Gasteiger partial charge in [-0.25, -0.2) is 18.0 Å². The van der Waals surface area contributed by atoms with Crippen molar-refractivity contribution in [2.75, 3.05) is 6.61 Å². The second kappa shape index (κ2) is 7.95. The fourth-order valence-corrected chi connectivity index (χ4v) is 1.76. The summed E-state index contributed by atoms with van der Waals surface area (Å²) in [5.74, 6) is -5.72. The van der Waals surface area contributed by atoms with Gasteiger partial charge in [0.2, 0.25) is 0 Å². The Morgan fingerprint density at radius 1 is 0.920 bits per heavy atom. The van der Waals surface area contributed by atoms with E-state index in [2.05, 4.69) is 4.74 Å². The molecule has 2 N–H and O–H groups in total. The van der Waals surface area contributed by atoms with Crippen LogP contribution >= 0.6 is 0 Å². The van der Waals surface area contributed by atoms with E-state index in [1.807, 2.05) is 10.9 Å². The first kappa shape index (κ1) is 18.0. The van der Waals surface area contributed by atoms with Crippen LogP contribution in [0.15, 0.2) is 42.5 Å². The molecule has 130 valence electrons. The first-order chi connectivity index (χ1) is 11.9.